The molecule has 0 aliphatic carbocycles. The van der Waals surface area contributed by atoms with Gasteiger partial charge in [0, 0.05) is 19.2 Å². The SMILES string of the molecule is COCCN1C(=O)C(CC(=O)Nc2ccc(F)cc2)SC1=Nc1cc(C)ccc1C. The molecule has 2 aromatic carbocycles. The minimum atomic E-state index is -0.578. The van der Waals surface area contributed by atoms with E-state index in [0.717, 1.165) is 16.8 Å². The van der Waals surface area contributed by atoms with Gasteiger partial charge >= 0.3 is 0 Å². The molecule has 6 nitrogen and oxygen atoms in total. The Morgan fingerprint density at radius 1 is 1.23 bits per heavy atom. The Morgan fingerprint density at radius 3 is 2.67 bits per heavy atom. The van der Waals surface area contributed by atoms with Crippen LogP contribution < -0.4 is 5.32 Å². The molecule has 1 atom stereocenters. The van der Waals surface area contributed by atoms with Crippen LogP contribution in [-0.2, 0) is 14.3 Å². The third-order valence-electron chi connectivity index (χ3n) is 4.62. The fraction of sp³-hybridized carbons (Fsp3) is 0.318. The number of hydrogen-bond acceptors (Lipinski definition) is 5. The molecular weight excluding hydrogens is 405 g/mol. The first-order chi connectivity index (χ1) is 14.4. The zero-order valence-corrected chi connectivity index (χ0v) is 18.0. The molecule has 2 amide bonds. The first kappa shape index (κ1) is 22.0. The number of aliphatic imine (C=N–C) groups is 1. The molecule has 1 saturated heterocycles. The zero-order valence-electron chi connectivity index (χ0n) is 17.1. The van der Waals surface area contributed by atoms with Gasteiger partial charge < -0.3 is 10.1 Å². The number of nitrogens with zero attached hydrogens (tertiary/aromatic N) is 2. The number of thioether (sulfide) groups is 1. The minimum absolute atomic E-state index is 0.00379. The first-order valence-electron chi connectivity index (χ1n) is 9.55. The highest BCUT2D eigenvalue weighted by Crippen LogP contribution is 2.33. The summed E-state index contributed by atoms with van der Waals surface area (Å²) in [5.41, 5.74) is 3.36. The van der Waals surface area contributed by atoms with Crippen LogP contribution in [0.1, 0.15) is 17.5 Å². The van der Waals surface area contributed by atoms with Gasteiger partial charge in [-0.25, -0.2) is 9.38 Å². The number of halogens is 1. The van der Waals surface area contributed by atoms with E-state index in [1.807, 2.05) is 32.0 Å². The van der Waals surface area contributed by atoms with E-state index in [2.05, 4.69) is 5.32 Å². The van der Waals surface area contributed by atoms with Crippen molar-refractivity contribution < 1.29 is 18.7 Å². The van der Waals surface area contributed by atoms with Crippen molar-refractivity contribution in [3.8, 4) is 0 Å². The predicted molar refractivity (Wildman–Crippen MR) is 118 cm³/mol. The summed E-state index contributed by atoms with van der Waals surface area (Å²) in [5, 5.41) is 2.68. The Kier molecular flexibility index (Phi) is 7.23. The molecule has 0 aromatic heterocycles. The number of carbonyl (C=O) groups excluding carboxylic acids is 2. The smallest absolute Gasteiger partial charge is 0.242 e. The van der Waals surface area contributed by atoms with Crippen LogP contribution in [0.4, 0.5) is 15.8 Å². The Labute approximate surface area is 179 Å². The Morgan fingerprint density at radius 2 is 1.97 bits per heavy atom. The standard InChI is InChI=1S/C22H24FN3O3S/c1-14-4-5-15(2)18(12-14)25-22-26(10-11-29-3)21(28)19(30-22)13-20(27)24-17-8-6-16(23)7-9-17/h4-9,12,19H,10-11,13H2,1-3H3,(H,24,27). The van der Waals surface area contributed by atoms with Crippen LogP contribution in [0.3, 0.4) is 0 Å². The summed E-state index contributed by atoms with van der Waals surface area (Å²) in [6, 6.07) is 11.5. The zero-order chi connectivity index (χ0) is 21.7. The molecule has 3 rings (SSSR count). The molecule has 158 valence electrons. The second kappa shape index (κ2) is 9.86. The molecule has 1 aliphatic heterocycles. The summed E-state index contributed by atoms with van der Waals surface area (Å²) in [6.45, 7) is 4.68. The van der Waals surface area contributed by atoms with Crippen LogP contribution >= 0.6 is 11.8 Å². The van der Waals surface area contributed by atoms with E-state index in [4.69, 9.17) is 9.73 Å². The molecule has 0 saturated carbocycles. The highest BCUT2D eigenvalue weighted by molar-refractivity contribution is 8.15. The lowest BCUT2D eigenvalue weighted by atomic mass is 10.1. The van der Waals surface area contributed by atoms with Crippen molar-refractivity contribution in [1.29, 1.82) is 0 Å². The number of methoxy groups -OCH3 is 1. The number of hydrogen-bond donors (Lipinski definition) is 1. The van der Waals surface area contributed by atoms with Crippen LogP contribution in [0.25, 0.3) is 0 Å². The van der Waals surface area contributed by atoms with E-state index >= 15 is 0 Å². The second-order valence-electron chi connectivity index (χ2n) is 7.03. The number of anilines is 1. The van der Waals surface area contributed by atoms with Crippen molar-refractivity contribution in [2.45, 2.75) is 25.5 Å². The molecule has 30 heavy (non-hydrogen) atoms. The van der Waals surface area contributed by atoms with Crippen molar-refractivity contribution in [3.05, 3.63) is 59.4 Å². The quantitative estimate of drug-likeness (QED) is 0.721. The van der Waals surface area contributed by atoms with Gasteiger partial charge in [0.2, 0.25) is 11.8 Å². The predicted octanol–water partition coefficient (Wildman–Crippen LogP) is 4.05. The first-order valence-corrected chi connectivity index (χ1v) is 10.4. The molecule has 8 heteroatoms. The molecule has 1 heterocycles. The third-order valence-corrected chi connectivity index (χ3v) is 5.79. The van der Waals surface area contributed by atoms with Gasteiger partial charge in [0.1, 0.15) is 11.1 Å². The molecule has 0 radical (unpaired) electrons. The lowest BCUT2D eigenvalue weighted by Gasteiger charge is -2.16. The number of carbonyl (C=O) groups is 2. The Bertz CT molecular complexity index is 963. The molecular formula is C22H24FN3O3S. The summed E-state index contributed by atoms with van der Waals surface area (Å²) < 4.78 is 18.2. The number of amidine groups is 1. The monoisotopic (exact) mass is 429 g/mol. The fourth-order valence-electron chi connectivity index (χ4n) is 2.97. The van der Waals surface area contributed by atoms with Gasteiger partial charge in [-0.15, -0.1) is 0 Å². The van der Waals surface area contributed by atoms with Crippen molar-refractivity contribution in [2.75, 3.05) is 25.6 Å². The average molecular weight is 430 g/mol. The number of rotatable bonds is 7. The maximum atomic E-state index is 13.0. The number of benzene rings is 2. The largest absolute Gasteiger partial charge is 0.383 e. The average Bonchev–Trinajstić information content (AvgIpc) is 2.99. The van der Waals surface area contributed by atoms with Crippen molar-refractivity contribution in [1.82, 2.24) is 4.90 Å². The fourth-order valence-corrected chi connectivity index (χ4v) is 4.15. The minimum Gasteiger partial charge on any atom is -0.383 e. The summed E-state index contributed by atoms with van der Waals surface area (Å²) in [5.74, 6) is -0.863. The molecule has 1 fully saturated rings. The highest BCUT2D eigenvalue weighted by atomic mass is 32.2. The lowest BCUT2D eigenvalue weighted by molar-refractivity contribution is -0.128. The van der Waals surface area contributed by atoms with E-state index < -0.39 is 5.25 Å². The van der Waals surface area contributed by atoms with Crippen molar-refractivity contribution in [3.63, 3.8) is 0 Å². The molecule has 2 aromatic rings. The maximum Gasteiger partial charge on any atom is 0.242 e. The summed E-state index contributed by atoms with van der Waals surface area (Å²) in [4.78, 5) is 31.7. The van der Waals surface area contributed by atoms with E-state index in [0.29, 0.717) is 24.0 Å². The van der Waals surface area contributed by atoms with Crippen LogP contribution in [0.5, 0.6) is 0 Å². The number of aryl methyl sites for hydroxylation is 2. The van der Waals surface area contributed by atoms with E-state index in [-0.39, 0.29) is 24.1 Å². The normalized spacial score (nSPS) is 17.6. The summed E-state index contributed by atoms with van der Waals surface area (Å²) in [7, 11) is 1.57. The molecule has 0 spiro atoms. The van der Waals surface area contributed by atoms with E-state index in [1.54, 1.807) is 12.0 Å². The van der Waals surface area contributed by atoms with Crippen molar-refractivity contribution in [2.24, 2.45) is 4.99 Å². The van der Waals surface area contributed by atoms with Gasteiger partial charge in [-0.1, -0.05) is 23.9 Å². The number of nitrogens with one attached hydrogen (secondary N) is 1. The van der Waals surface area contributed by atoms with Crippen LogP contribution in [0.15, 0.2) is 47.5 Å². The van der Waals surface area contributed by atoms with E-state index in [9.17, 15) is 14.0 Å². The van der Waals surface area contributed by atoms with Crippen LogP contribution in [0, 0.1) is 19.7 Å². The molecule has 1 aliphatic rings. The van der Waals surface area contributed by atoms with Gasteiger partial charge in [0.05, 0.1) is 18.8 Å². The molecule has 1 unspecified atom stereocenters. The van der Waals surface area contributed by atoms with Gasteiger partial charge in [0.15, 0.2) is 5.17 Å². The number of ether oxygens (including phenoxy) is 1. The number of amides is 2. The van der Waals surface area contributed by atoms with Crippen molar-refractivity contribution >= 4 is 40.1 Å². The topological polar surface area (TPSA) is 71.0 Å². The maximum absolute atomic E-state index is 13.0. The van der Waals surface area contributed by atoms with Crippen LogP contribution in [0.2, 0.25) is 0 Å². The Balaban J connectivity index is 1.76. The molecule has 1 N–H and O–H groups in total. The highest BCUT2D eigenvalue weighted by Gasteiger charge is 2.39. The lowest BCUT2D eigenvalue weighted by Crippen LogP contribution is -2.35. The summed E-state index contributed by atoms with van der Waals surface area (Å²) in [6.07, 6.45) is -0.00379. The summed E-state index contributed by atoms with van der Waals surface area (Å²) >= 11 is 1.28. The van der Waals surface area contributed by atoms with Gasteiger partial charge in [-0.3, -0.25) is 14.5 Å². The van der Waals surface area contributed by atoms with Gasteiger partial charge in [-0.2, -0.15) is 0 Å². The van der Waals surface area contributed by atoms with Gasteiger partial charge in [0.25, 0.3) is 0 Å². The Hall–Kier alpha value is -2.71. The van der Waals surface area contributed by atoms with E-state index in [1.165, 1.54) is 36.0 Å². The third kappa shape index (κ3) is 5.46. The van der Waals surface area contributed by atoms with Crippen LogP contribution in [-0.4, -0.2) is 47.4 Å². The molecule has 0 bridgehead atoms. The second-order valence-corrected chi connectivity index (χ2v) is 8.20. The van der Waals surface area contributed by atoms with Gasteiger partial charge in [-0.05, 0) is 55.3 Å².